The number of hydrogen-bond acceptors (Lipinski definition) is 6. The molecule has 6 nitrogen and oxygen atoms in total. The number of aryl methyl sites for hydroxylation is 2. The molecular weight excluding hydrogens is 459 g/mol. The number of aromatic hydroxyl groups is 1. The van der Waals surface area contributed by atoms with Crippen LogP contribution in [0.2, 0.25) is 0 Å². The number of thiazole rings is 1. The summed E-state index contributed by atoms with van der Waals surface area (Å²) in [6, 6.07) is 1.90. The van der Waals surface area contributed by atoms with Gasteiger partial charge in [0.15, 0.2) is 0 Å². The maximum atomic E-state index is 13.7. The van der Waals surface area contributed by atoms with E-state index in [1.54, 1.807) is 0 Å². The van der Waals surface area contributed by atoms with Gasteiger partial charge < -0.3 is 14.3 Å². The van der Waals surface area contributed by atoms with Gasteiger partial charge in [-0.2, -0.15) is 13.2 Å². The molecule has 0 radical (unpaired) electrons. The number of rotatable bonds is 10. The van der Waals surface area contributed by atoms with Crippen LogP contribution in [0, 0.1) is 0 Å². The molecule has 2 aromatic heterocycles. The second kappa shape index (κ2) is 10.5. The summed E-state index contributed by atoms with van der Waals surface area (Å²) in [6.45, 7) is 4.29. The van der Waals surface area contributed by atoms with Gasteiger partial charge in [0.25, 0.3) is 0 Å². The topological polar surface area (TPSA) is 81.7 Å². The van der Waals surface area contributed by atoms with Crippen LogP contribution in [0.15, 0.2) is 31.5 Å². The Morgan fingerprint density at radius 2 is 1.88 bits per heavy atom. The van der Waals surface area contributed by atoms with E-state index < -0.39 is 17.4 Å². The highest BCUT2D eigenvalue weighted by Crippen LogP contribution is 2.40. The molecule has 10 heteroatoms. The number of halogens is 3. The lowest BCUT2D eigenvalue weighted by molar-refractivity contribution is -0.136. The minimum absolute atomic E-state index is 0.0928. The van der Waals surface area contributed by atoms with Gasteiger partial charge in [0, 0.05) is 23.6 Å². The van der Waals surface area contributed by atoms with Crippen molar-refractivity contribution in [2.24, 2.45) is 0 Å². The lowest BCUT2D eigenvalue weighted by atomic mass is 9.95. The van der Waals surface area contributed by atoms with Gasteiger partial charge in [0.05, 0.1) is 17.6 Å². The van der Waals surface area contributed by atoms with Crippen molar-refractivity contribution in [2.75, 3.05) is 6.61 Å². The molecule has 0 fully saturated rings. The maximum Gasteiger partial charge on any atom is 0.417 e. The minimum atomic E-state index is -4.70. The van der Waals surface area contributed by atoms with E-state index in [0.717, 1.165) is 17.8 Å². The van der Waals surface area contributed by atoms with E-state index in [1.165, 1.54) is 16.0 Å². The average Bonchev–Trinajstić information content (AvgIpc) is 3.07. The van der Waals surface area contributed by atoms with Crippen molar-refractivity contribution in [3.05, 3.63) is 54.3 Å². The molecule has 0 amide bonds. The molecule has 0 atom stereocenters. The summed E-state index contributed by atoms with van der Waals surface area (Å²) in [6.07, 6.45) is -1.25. The predicted octanol–water partition coefficient (Wildman–Crippen LogP) is 5.50. The van der Waals surface area contributed by atoms with Gasteiger partial charge in [-0.25, -0.2) is 4.79 Å². The Hall–Kier alpha value is -2.75. The van der Waals surface area contributed by atoms with E-state index in [1.807, 2.05) is 13.8 Å². The molecule has 33 heavy (non-hydrogen) atoms. The van der Waals surface area contributed by atoms with Gasteiger partial charge >= 0.3 is 16.7 Å². The molecular formula is C23H26F3NO5S. The zero-order valence-corrected chi connectivity index (χ0v) is 19.3. The summed E-state index contributed by atoms with van der Waals surface area (Å²) in [5, 5.41) is 11.0. The van der Waals surface area contributed by atoms with Gasteiger partial charge in [-0.15, -0.1) is 0 Å². The van der Waals surface area contributed by atoms with Crippen molar-refractivity contribution in [3.63, 3.8) is 0 Å². The molecule has 0 saturated carbocycles. The van der Waals surface area contributed by atoms with Crippen molar-refractivity contribution < 1.29 is 27.4 Å². The van der Waals surface area contributed by atoms with Crippen LogP contribution >= 0.6 is 11.3 Å². The van der Waals surface area contributed by atoms with Crippen LogP contribution in [0.4, 0.5) is 13.2 Å². The summed E-state index contributed by atoms with van der Waals surface area (Å²) in [7, 11) is 0. The van der Waals surface area contributed by atoms with E-state index >= 15 is 0 Å². The van der Waals surface area contributed by atoms with Crippen molar-refractivity contribution in [3.8, 4) is 11.6 Å². The number of fused-ring (bicyclic) bond motifs is 1. The molecule has 1 aromatic carbocycles. The second-order valence-corrected chi connectivity index (χ2v) is 8.58. The van der Waals surface area contributed by atoms with Gasteiger partial charge in [0.1, 0.15) is 11.3 Å². The van der Waals surface area contributed by atoms with Crippen LogP contribution in [-0.4, -0.2) is 16.3 Å². The first kappa shape index (κ1) is 24.9. The number of benzene rings is 1. The summed E-state index contributed by atoms with van der Waals surface area (Å²) in [5.74, 6) is 0.314. The van der Waals surface area contributed by atoms with Gasteiger partial charge in [-0.1, -0.05) is 38.0 Å². The molecule has 0 aliphatic carbocycles. The third-order valence-electron chi connectivity index (χ3n) is 5.30. The zero-order chi connectivity index (χ0) is 24.2. The van der Waals surface area contributed by atoms with Crippen LogP contribution in [0.1, 0.15) is 56.2 Å². The Kier molecular flexibility index (Phi) is 7.88. The lowest BCUT2D eigenvalue weighted by Crippen LogP contribution is -2.15. The zero-order valence-electron chi connectivity index (χ0n) is 18.5. The van der Waals surface area contributed by atoms with Crippen molar-refractivity contribution in [2.45, 2.75) is 65.1 Å². The largest absolute Gasteiger partial charge is 0.494 e. The summed E-state index contributed by atoms with van der Waals surface area (Å²) in [5.41, 5.74) is -1.09. The smallest absolute Gasteiger partial charge is 0.417 e. The Labute approximate surface area is 192 Å². The van der Waals surface area contributed by atoms with Gasteiger partial charge in [-0.05, 0) is 37.3 Å². The van der Waals surface area contributed by atoms with Crippen molar-refractivity contribution in [1.82, 2.24) is 4.57 Å². The fourth-order valence-electron chi connectivity index (χ4n) is 3.78. The fraction of sp³-hybridized carbons (Fsp3) is 0.478. The van der Waals surface area contributed by atoms with E-state index in [2.05, 4.69) is 0 Å². The highest BCUT2D eigenvalue weighted by molar-refractivity contribution is 7.07. The maximum absolute atomic E-state index is 13.7. The summed E-state index contributed by atoms with van der Waals surface area (Å²) < 4.78 is 53.6. The molecule has 0 aliphatic heterocycles. The minimum Gasteiger partial charge on any atom is -0.494 e. The van der Waals surface area contributed by atoms with E-state index in [-0.39, 0.29) is 34.9 Å². The number of ether oxygens (including phenoxy) is 1. The van der Waals surface area contributed by atoms with Gasteiger partial charge in [-0.3, -0.25) is 9.36 Å². The van der Waals surface area contributed by atoms with E-state index in [9.17, 15) is 27.9 Å². The van der Waals surface area contributed by atoms with Crippen LogP contribution in [0.25, 0.3) is 11.0 Å². The molecule has 0 unspecified atom stereocenters. The van der Waals surface area contributed by atoms with E-state index in [0.29, 0.717) is 55.0 Å². The predicted molar refractivity (Wildman–Crippen MR) is 120 cm³/mol. The number of unbranched alkanes of at least 4 members (excludes halogenated alkanes) is 1. The molecule has 2 heterocycles. The monoisotopic (exact) mass is 485 g/mol. The molecule has 0 spiro atoms. The molecule has 0 saturated heterocycles. The first-order chi connectivity index (χ1) is 15.7. The number of nitrogens with zero attached hydrogens (tertiary/aromatic N) is 1. The second-order valence-electron chi connectivity index (χ2n) is 7.76. The average molecular weight is 486 g/mol. The van der Waals surface area contributed by atoms with Crippen LogP contribution < -0.4 is 15.2 Å². The number of aromatic nitrogens is 1. The lowest BCUT2D eigenvalue weighted by Gasteiger charge is -2.19. The Bertz CT molecular complexity index is 1230. The Balaban J connectivity index is 2.04. The molecule has 1 N–H and O–H groups in total. The Morgan fingerprint density at radius 3 is 2.48 bits per heavy atom. The first-order valence-electron chi connectivity index (χ1n) is 10.9. The Morgan fingerprint density at radius 1 is 1.12 bits per heavy atom. The third kappa shape index (κ3) is 5.61. The van der Waals surface area contributed by atoms with Gasteiger partial charge in [0.2, 0.25) is 5.88 Å². The third-order valence-corrected chi connectivity index (χ3v) is 6.05. The van der Waals surface area contributed by atoms with E-state index in [4.69, 9.17) is 9.15 Å². The molecule has 3 rings (SSSR count). The SMILES string of the molecule is CCCCc1c(OCCCn2c(O)csc2=O)c(CCC)cc2c(C(F)(F)F)cc(=O)oc12. The first-order valence-corrected chi connectivity index (χ1v) is 11.7. The summed E-state index contributed by atoms with van der Waals surface area (Å²) >= 11 is 0.895. The highest BCUT2D eigenvalue weighted by atomic mass is 32.1. The fourth-order valence-corrected chi connectivity index (χ4v) is 4.43. The van der Waals surface area contributed by atoms with Crippen LogP contribution in [0.5, 0.6) is 11.6 Å². The summed E-state index contributed by atoms with van der Waals surface area (Å²) in [4.78, 5) is 23.5. The van der Waals surface area contributed by atoms with Crippen LogP contribution in [0.3, 0.4) is 0 Å². The highest BCUT2D eigenvalue weighted by Gasteiger charge is 2.35. The quantitative estimate of drug-likeness (QED) is 0.303. The number of hydrogen-bond donors (Lipinski definition) is 1. The van der Waals surface area contributed by atoms with Crippen molar-refractivity contribution in [1.29, 1.82) is 0 Å². The molecule has 3 aromatic rings. The number of alkyl halides is 3. The molecule has 180 valence electrons. The normalized spacial score (nSPS) is 11.9. The molecule has 0 bridgehead atoms. The van der Waals surface area contributed by atoms with Crippen LogP contribution in [-0.2, 0) is 25.6 Å². The standard InChI is InChI=1S/C23H26F3NO5S/c1-3-5-8-15-20(31-10-6-9-27-18(28)13-33-22(27)30)14(7-4-2)11-16-17(23(24,25)26)12-19(29)32-21(15)16/h11-13,28H,3-10H2,1-2H3. The molecule has 0 aliphatic rings. The van der Waals surface area contributed by atoms with Crippen molar-refractivity contribution >= 4 is 22.3 Å².